The third-order valence-corrected chi connectivity index (χ3v) is 3.46. The maximum Gasteiger partial charge on any atom is 0.338 e. The molecule has 21 heavy (non-hydrogen) atoms. The summed E-state index contributed by atoms with van der Waals surface area (Å²) >= 11 is 0. The van der Waals surface area contributed by atoms with Crippen molar-refractivity contribution >= 4 is 21.7 Å². The number of carbonyl (C=O) groups excluding carboxylic acids is 2. The van der Waals surface area contributed by atoms with Crippen molar-refractivity contribution in [1.82, 2.24) is 5.32 Å². The number of ether oxygens (including phenoxy) is 1. The first-order valence-electron chi connectivity index (χ1n) is 6.27. The molecule has 7 heteroatoms. The van der Waals surface area contributed by atoms with E-state index in [1.807, 2.05) is 20.8 Å². The number of hydrogen-bond donors (Lipinski definition) is 1. The van der Waals surface area contributed by atoms with Crippen molar-refractivity contribution in [3.05, 3.63) is 29.8 Å². The highest BCUT2D eigenvalue weighted by molar-refractivity contribution is 7.90. The monoisotopic (exact) mass is 313 g/mol. The predicted molar refractivity (Wildman–Crippen MR) is 77.7 cm³/mol. The van der Waals surface area contributed by atoms with Crippen LogP contribution >= 0.6 is 0 Å². The molecular formula is C14H19NO5S. The SMILES string of the molecule is CC(C)(C)NC(=O)COC(=O)c1cccc(S(C)(=O)=O)c1. The van der Waals surface area contributed by atoms with Crippen molar-refractivity contribution in [2.75, 3.05) is 12.9 Å². The van der Waals surface area contributed by atoms with E-state index >= 15 is 0 Å². The molecule has 1 N–H and O–H groups in total. The average Bonchev–Trinajstić information content (AvgIpc) is 2.33. The van der Waals surface area contributed by atoms with Crippen LogP contribution in [0.25, 0.3) is 0 Å². The Hall–Kier alpha value is -1.89. The summed E-state index contributed by atoms with van der Waals surface area (Å²) in [5.41, 5.74) is -0.332. The van der Waals surface area contributed by atoms with E-state index < -0.39 is 33.9 Å². The number of hydrogen-bond acceptors (Lipinski definition) is 5. The Labute approximate surface area is 124 Å². The summed E-state index contributed by atoms with van der Waals surface area (Å²) in [4.78, 5) is 23.4. The Balaban J connectivity index is 2.71. The predicted octanol–water partition coefficient (Wildman–Crippen LogP) is 1.16. The smallest absolute Gasteiger partial charge is 0.338 e. The van der Waals surface area contributed by atoms with Crippen LogP contribution in [0.5, 0.6) is 0 Å². The molecule has 0 atom stereocenters. The van der Waals surface area contributed by atoms with Gasteiger partial charge in [-0.2, -0.15) is 0 Å². The molecule has 1 rings (SSSR count). The van der Waals surface area contributed by atoms with Crippen LogP contribution in [0, 0.1) is 0 Å². The van der Waals surface area contributed by atoms with Gasteiger partial charge in [-0.15, -0.1) is 0 Å². The number of carbonyl (C=O) groups is 2. The molecule has 1 aromatic carbocycles. The van der Waals surface area contributed by atoms with Gasteiger partial charge in [-0.05, 0) is 39.0 Å². The van der Waals surface area contributed by atoms with Crippen LogP contribution in [-0.4, -0.2) is 38.7 Å². The van der Waals surface area contributed by atoms with Crippen molar-refractivity contribution in [3.63, 3.8) is 0 Å². The first-order valence-corrected chi connectivity index (χ1v) is 8.16. The number of sulfone groups is 1. The van der Waals surface area contributed by atoms with Gasteiger partial charge in [-0.3, -0.25) is 4.79 Å². The van der Waals surface area contributed by atoms with E-state index in [2.05, 4.69) is 5.32 Å². The van der Waals surface area contributed by atoms with Gasteiger partial charge < -0.3 is 10.1 Å². The molecule has 0 bridgehead atoms. The Bertz CT molecular complexity index is 644. The van der Waals surface area contributed by atoms with Gasteiger partial charge >= 0.3 is 5.97 Å². The van der Waals surface area contributed by atoms with Crippen molar-refractivity contribution in [2.24, 2.45) is 0 Å². The van der Waals surface area contributed by atoms with Crippen LogP contribution in [0.4, 0.5) is 0 Å². The summed E-state index contributed by atoms with van der Waals surface area (Å²) in [6, 6.07) is 5.48. The van der Waals surface area contributed by atoms with Crippen LogP contribution in [-0.2, 0) is 19.4 Å². The average molecular weight is 313 g/mol. The number of rotatable bonds is 4. The molecule has 1 amide bonds. The van der Waals surface area contributed by atoms with Crippen LogP contribution < -0.4 is 5.32 Å². The molecule has 0 radical (unpaired) electrons. The van der Waals surface area contributed by atoms with Gasteiger partial charge in [0.05, 0.1) is 10.5 Å². The molecule has 116 valence electrons. The second-order valence-corrected chi connectivity index (χ2v) is 7.69. The highest BCUT2D eigenvalue weighted by Crippen LogP contribution is 2.12. The third kappa shape index (κ3) is 5.95. The number of amides is 1. The zero-order valence-corrected chi connectivity index (χ0v) is 13.3. The molecule has 1 aromatic rings. The molecule has 6 nitrogen and oxygen atoms in total. The maximum atomic E-state index is 11.8. The molecule has 0 spiro atoms. The van der Waals surface area contributed by atoms with Gasteiger partial charge in [0.15, 0.2) is 16.4 Å². The lowest BCUT2D eigenvalue weighted by atomic mass is 10.1. The number of nitrogens with one attached hydrogen (secondary N) is 1. The lowest BCUT2D eigenvalue weighted by Gasteiger charge is -2.20. The Morgan fingerprint density at radius 1 is 1.24 bits per heavy atom. The standard InChI is InChI=1S/C14H19NO5S/c1-14(2,3)15-12(16)9-20-13(17)10-6-5-7-11(8-10)21(4,18)19/h5-8H,9H2,1-4H3,(H,15,16). The number of benzene rings is 1. The van der Waals surface area contributed by atoms with Gasteiger partial charge in [0, 0.05) is 11.8 Å². The topological polar surface area (TPSA) is 89.5 Å². The molecule has 0 aliphatic rings. The highest BCUT2D eigenvalue weighted by Gasteiger charge is 2.17. The molecule has 0 heterocycles. The van der Waals surface area contributed by atoms with Crippen molar-refractivity contribution in [2.45, 2.75) is 31.2 Å². The van der Waals surface area contributed by atoms with E-state index in [4.69, 9.17) is 4.74 Å². The molecule has 0 aliphatic heterocycles. The fourth-order valence-corrected chi connectivity index (χ4v) is 2.19. The lowest BCUT2D eigenvalue weighted by molar-refractivity contribution is -0.125. The Morgan fingerprint density at radius 2 is 1.86 bits per heavy atom. The van der Waals surface area contributed by atoms with E-state index in [1.54, 1.807) is 0 Å². The molecule has 0 saturated carbocycles. The van der Waals surface area contributed by atoms with Gasteiger partial charge in [0.25, 0.3) is 5.91 Å². The lowest BCUT2D eigenvalue weighted by Crippen LogP contribution is -2.42. The van der Waals surface area contributed by atoms with Crippen molar-refractivity contribution in [1.29, 1.82) is 0 Å². The van der Waals surface area contributed by atoms with E-state index in [1.165, 1.54) is 24.3 Å². The van der Waals surface area contributed by atoms with Crippen LogP contribution in [0.2, 0.25) is 0 Å². The summed E-state index contributed by atoms with van der Waals surface area (Å²) in [5, 5.41) is 2.65. The zero-order valence-electron chi connectivity index (χ0n) is 12.5. The molecule has 0 aromatic heterocycles. The second-order valence-electron chi connectivity index (χ2n) is 5.67. The molecule has 0 fully saturated rings. The minimum absolute atomic E-state index is 0.0242. The fraction of sp³-hybridized carbons (Fsp3) is 0.429. The summed E-state index contributed by atoms with van der Waals surface area (Å²) < 4.78 is 27.7. The Kier molecular flexibility index (Phi) is 5.11. The van der Waals surface area contributed by atoms with Crippen LogP contribution in [0.3, 0.4) is 0 Å². The van der Waals surface area contributed by atoms with Crippen LogP contribution in [0.1, 0.15) is 31.1 Å². The van der Waals surface area contributed by atoms with Gasteiger partial charge in [-0.25, -0.2) is 13.2 Å². The summed E-state index contributed by atoms with van der Waals surface area (Å²) in [5.74, 6) is -1.17. The maximum absolute atomic E-state index is 11.8. The minimum Gasteiger partial charge on any atom is -0.452 e. The zero-order chi connectivity index (χ0) is 16.3. The van der Waals surface area contributed by atoms with E-state index in [0.717, 1.165) is 6.26 Å². The Morgan fingerprint density at radius 3 is 2.38 bits per heavy atom. The van der Waals surface area contributed by atoms with Crippen molar-refractivity contribution < 1.29 is 22.7 Å². The highest BCUT2D eigenvalue weighted by atomic mass is 32.2. The minimum atomic E-state index is -3.40. The van der Waals surface area contributed by atoms with Crippen LogP contribution in [0.15, 0.2) is 29.2 Å². The summed E-state index contributed by atoms with van der Waals surface area (Å²) in [6.07, 6.45) is 1.05. The van der Waals surface area contributed by atoms with Gasteiger partial charge in [-0.1, -0.05) is 6.07 Å². The number of esters is 1. The largest absolute Gasteiger partial charge is 0.452 e. The van der Waals surface area contributed by atoms with E-state index in [9.17, 15) is 18.0 Å². The molecular weight excluding hydrogens is 294 g/mol. The first kappa shape index (κ1) is 17.2. The third-order valence-electron chi connectivity index (χ3n) is 2.35. The first-order chi connectivity index (χ1) is 9.49. The fourth-order valence-electron chi connectivity index (χ4n) is 1.52. The summed E-state index contributed by atoms with van der Waals surface area (Å²) in [7, 11) is -3.40. The molecule has 0 unspecified atom stereocenters. The quantitative estimate of drug-likeness (QED) is 0.843. The normalized spacial score (nSPS) is 11.8. The van der Waals surface area contributed by atoms with E-state index in [0.29, 0.717) is 0 Å². The second kappa shape index (κ2) is 6.26. The summed E-state index contributed by atoms with van der Waals surface area (Å²) in [6.45, 7) is 5.01. The van der Waals surface area contributed by atoms with E-state index in [-0.39, 0.29) is 10.5 Å². The van der Waals surface area contributed by atoms with Gasteiger partial charge in [0.2, 0.25) is 0 Å². The van der Waals surface area contributed by atoms with Crippen molar-refractivity contribution in [3.8, 4) is 0 Å². The molecule has 0 aliphatic carbocycles. The molecule has 0 saturated heterocycles. The van der Waals surface area contributed by atoms with Gasteiger partial charge in [0.1, 0.15) is 0 Å².